The fourth-order valence-corrected chi connectivity index (χ4v) is 2.19. The molecule has 5 nitrogen and oxygen atoms in total. The first-order valence-corrected chi connectivity index (χ1v) is 8.42. The van der Waals surface area contributed by atoms with Gasteiger partial charge in [-0.25, -0.2) is 9.13 Å². The molecule has 0 atom stereocenters. The molecule has 1 aromatic heterocycles. The van der Waals surface area contributed by atoms with Gasteiger partial charge in [-0.15, -0.1) is 0 Å². The fourth-order valence-electron chi connectivity index (χ4n) is 2.19. The minimum absolute atomic E-state index is 0.0799. The predicted molar refractivity (Wildman–Crippen MR) is 90.1 cm³/mol. The Labute approximate surface area is 140 Å². The van der Waals surface area contributed by atoms with Crippen molar-refractivity contribution >= 4 is 5.97 Å². The number of unbranched alkanes of at least 4 members (excludes halogenated alkanes) is 2. The van der Waals surface area contributed by atoms with Gasteiger partial charge in [-0.05, 0) is 53.9 Å². The van der Waals surface area contributed by atoms with Crippen LogP contribution in [0.3, 0.4) is 0 Å². The van der Waals surface area contributed by atoms with Crippen molar-refractivity contribution in [2.45, 2.75) is 78.0 Å². The first kappa shape index (κ1) is 19.7. The summed E-state index contributed by atoms with van der Waals surface area (Å²) in [6.07, 6.45) is 9.82. The number of rotatable bonds is 9. The molecule has 0 unspecified atom stereocenters. The van der Waals surface area contributed by atoms with Gasteiger partial charge in [-0.3, -0.25) is 4.79 Å². The van der Waals surface area contributed by atoms with E-state index in [4.69, 9.17) is 4.74 Å². The van der Waals surface area contributed by atoms with Crippen molar-refractivity contribution in [3.05, 3.63) is 18.7 Å². The van der Waals surface area contributed by atoms with Crippen molar-refractivity contribution in [1.29, 1.82) is 0 Å². The molecule has 132 valence electrons. The van der Waals surface area contributed by atoms with Gasteiger partial charge >= 0.3 is 5.97 Å². The number of hydrogen-bond acceptors (Lipinski definition) is 3. The van der Waals surface area contributed by atoms with Crippen LogP contribution in [0.2, 0.25) is 0 Å². The highest BCUT2D eigenvalue weighted by molar-refractivity contribution is 5.68. The molecule has 1 aromatic rings. The monoisotopic (exact) mass is 325 g/mol. The summed E-state index contributed by atoms with van der Waals surface area (Å²) in [4.78, 5) is 11.0. The van der Waals surface area contributed by atoms with Crippen LogP contribution in [0.5, 0.6) is 0 Å². The highest BCUT2D eigenvalue weighted by atomic mass is 16.5. The van der Waals surface area contributed by atoms with Gasteiger partial charge in [-0.2, -0.15) is 0 Å². The van der Waals surface area contributed by atoms with Crippen LogP contribution in [0.4, 0.5) is 0 Å². The lowest BCUT2D eigenvalue weighted by atomic mass is 10.1. The highest BCUT2D eigenvalue weighted by Crippen LogP contribution is 2.18. The maximum atomic E-state index is 11.0. The summed E-state index contributed by atoms with van der Waals surface area (Å²) >= 11 is 0. The van der Waals surface area contributed by atoms with Crippen molar-refractivity contribution in [3.63, 3.8) is 0 Å². The number of hydrogen-bond donors (Lipinski definition) is 0. The fraction of sp³-hybridized carbons (Fsp3) is 0.778. The Morgan fingerprint density at radius 3 is 2.43 bits per heavy atom. The summed E-state index contributed by atoms with van der Waals surface area (Å²) in [6, 6.07) is 0. The van der Waals surface area contributed by atoms with Crippen LogP contribution >= 0.6 is 0 Å². The molecule has 0 aliphatic carbocycles. The molecule has 0 N–H and O–H groups in total. The van der Waals surface area contributed by atoms with Crippen molar-refractivity contribution in [2.75, 3.05) is 13.7 Å². The number of ether oxygens (including phenoxy) is 2. The Hall–Kier alpha value is -1.36. The van der Waals surface area contributed by atoms with Crippen molar-refractivity contribution in [2.24, 2.45) is 0 Å². The number of imidazole rings is 1. The van der Waals surface area contributed by atoms with Crippen LogP contribution in [0.25, 0.3) is 0 Å². The topological polar surface area (TPSA) is 44.3 Å². The molecule has 0 amide bonds. The van der Waals surface area contributed by atoms with Crippen LogP contribution in [0.1, 0.15) is 60.3 Å². The first-order chi connectivity index (χ1) is 10.6. The molecule has 1 rings (SSSR count). The summed E-state index contributed by atoms with van der Waals surface area (Å²) in [5.41, 5.74) is -0.205. The molecule has 0 fully saturated rings. The van der Waals surface area contributed by atoms with Gasteiger partial charge in [0.15, 0.2) is 0 Å². The van der Waals surface area contributed by atoms with Gasteiger partial charge in [0.1, 0.15) is 17.9 Å². The second-order valence-corrected chi connectivity index (χ2v) is 7.66. The molecule has 0 aliphatic rings. The first-order valence-electron chi connectivity index (χ1n) is 8.42. The van der Waals surface area contributed by atoms with Crippen LogP contribution in [-0.4, -0.2) is 29.9 Å². The van der Waals surface area contributed by atoms with Crippen molar-refractivity contribution in [1.82, 2.24) is 4.57 Å². The molecule has 0 spiro atoms. The zero-order valence-electron chi connectivity index (χ0n) is 15.6. The average molecular weight is 325 g/mol. The molecule has 1 heterocycles. The van der Waals surface area contributed by atoms with Gasteiger partial charge in [0.2, 0.25) is 6.33 Å². The Morgan fingerprint density at radius 2 is 1.83 bits per heavy atom. The van der Waals surface area contributed by atoms with Crippen LogP contribution in [0, 0.1) is 0 Å². The van der Waals surface area contributed by atoms with Crippen molar-refractivity contribution < 1.29 is 18.8 Å². The van der Waals surface area contributed by atoms with Crippen LogP contribution < -0.4 is 4.57 Å². The van der Waals surface area contributed by atoms with E-state index in [1.165, 1.54) is 7.11 Å². The van der Waals surface area contributed by atoms with Crippen LogP contribution in [0.15, 0.2) is 18.7 Å². The van der Waals surface area contributed by atoms with Gasteiger partial charge in [0.05, 0.1) is 25.9 Å². The smallest absolute Gasteiger partial charge is 0.305 e. The molecular formula is C18H33N2O3+. The Balaban J connectivity index is 2.40. The van der Waals surface area contributed by atoms with E-state index in [0.29, 0.717) is 13.0 Å². The molecule has 0 saturated carbocycles. The Morgan fingerprint density at radius 1 is 1.13 bits per heavy atom. The standard InChI is InChI=1S/C18H33N2O3/c1-17(2,3)23-14-18(4,5)20-13-12-19(15-20)11-9-7-8-10-16(21)22-6/h12-13,15H,7-11,14H2,1-6H3/q+1. The van der Waals surface area contributed by atoms with E-state index in [1.807, 2.05) is 0 Å². The molecule has 0 aliphatic heterocycles. The average Bonchev–Trinajstić information content (AvgIpc) is 2.93. The van der Waals surface area contributed by atoms with E-state index >= 15 is 0 Å². The van der Waals surface area contributed by atoms with Gasteiger partial charge in [0.25, 0.3) is 0 Å². The number of aryl methyl sites for hydroxylation is 1. The summed E-state index contributed by atoms with van der Waals surface area (Å²) in [6.45, 7) is 12.2. The van der Waals surface area contributed by atoms with Crippen LogP contribution in [-0.2, 0) is 26.4 Å². The second kappa shape index (κ2) is 8.48. The minimum atomic E-state index is -0.125. The van der Waals surface area contributed by atoms with Crippen molar-refractivity contribution in [3.8, 4) is 0 Å². The molecule has 0 saturated heterocycles. The molecule has 5 heteroatoms. The van der Waals surface area contributed by atoms with Gasteiger partial charge in [-0.1, -0.05) is 0 Å². The molecular weight excluding hydrogens is 292 g/mol. The van der Waals surface area contributed by atoms with E-state index in [-0.39, 0.29) is 17.1 Å². The third kappa shape index (κ3) is 7.64. The zero-order chi connectivity index (χ0) is 17.5. The zero-order valence-corrected chi connectivity index (χ0v) is 15.6. The number of nitrogens with zero attached hydrogens (tertiary/aromatic N) is 2. The number of aromatic nitrogens is 2. The van der Waals surface area contributed by atoms with E-state index in [9.17, 15) is 4.79 Å². The normalized spacial score (nSPS) is 12.4. The third-order valence-corrected chi connectivity index (χ3v) is 3.77. The van der Waals surface area contributed by atoms with Gasteiger partial charge < -0.3 is 9.47 Å². The maximum Gasteiger partial charge on any atom is 0.305 e. The minimum Gasteiger partial charge on any atom is -0.469 e. The SMILES string of the molecule is COC(=O)CCCCC[n+]1ccn(C(C)(C)COC(C)(C)C)c1. The van der Waals surface area contributed by atoms with E-state index in [2.05, 4.69) is 67.2 Å². The molecule has 23 heavy (non-hydrogen) atoms. The number of carbonyl (C=O) groups excluding carboxylic acids is 1. The van der Waals surface area contributed by atoms with Gasteiger partial charge in [0, 0.05) is 6.42 Å². The highest BCUT2D eigenvalue weighted by Gasteiger charge is 2.28. The van der Waals surface area contributed by atoms with E-state index < -0.39 is 0 Å². The quantitative estimate of drug-likeness (QED) is 0.398. The third-order valence-electron chi connectivity index (χ3n) is 3.77. The number of carbonyl (C=O) groups is 1. The molecule has 0 bridgehead atoms. The lowest BCUT2D eigenvalue weighted by molar-refractivity contribution is -0.697. The van der Waals surface area contributed by atoms with E-state index in [0.717, 1.165) is 25.8 Å². The lowest BCUT2D eigenvalue weighted by Gasteiger charge is -2.27. The maximum absolute atomic E-state index is 11.0. The number of esters is 1. The molecule has 0 radical (unpaired) electrons. The number of methoxy groups -OCH3 is 1. The summed E-state index contributed by atoms with van der Waals surface area (Å²) < 4.78 is 15.0. The Kier molecular flexibility index (Phi) is 7.26. The summed E-state index contributed by atoms with van der Waals surface area (Å²) in [5.74, 6) is -0.121. The lowest BCUT2D eigenvalue weighted by Crippen LogP contribution is -2.37. The molecule has 0 aromatic carbocycles. The largest absolute Gasteiger partial charge is 0.469 e. The van der Waals surface area contributed by atoms with E-state index in [1.54, 1.807) is 0 Å². The Bertz CT molecular complexity index is 487. The predicted octanol–water partition coefficient (Wildman–Crippen LogP) is 3.06. The summed E-state index contributed by atoms with van der Waals surface area (Å²) in [7, 11) is 1.44. The second-order valence-electron chi connectivity index (χ2n) is 7.66. The summed E-state index contributed by atoms with van der Waals surface area (Å²) in [5, 5.41) is 0.